The molecule has 0 fully saturated rings. The summed E-state index contributed by atoms with van der Waals surface area (Å²) in [5, 5.41) is 15.5. The summed E-state index contributed by atoms with van der Waals surface area (Å²) in [6, 6.07) is 15.4. The quantitative estimate of drug-likeness (QED) is 0.557. The predicted octanol–water partition coefficient (Wildman–Crippen LogP) is 3.96. The molecule has 0 unspecified atom stereocenters. The summed E-state index contributed by atoms with van der Waals surface area (Å²) in [6.07, 6.45) is 1.72. The molecule has 1 amide bonds. The zero-order valence-corrected chi connectivity index (χ0v) is 16.1. The van der Waals surface area contributed by atoms with Gasteiger partial charge in [0.2, 0.25) is 5.13 Å². The number of carbonyl (C=O) groups excluding carboxylic acids is 1. The molecular formula is C20H17N5O2S. The third-order valence-electron chi connectivity index (χ3n) is 4.18. The molecule has 28 heavy (non-hydrogen) atoms. The number of hydrogen-bond acceptors (Lipinski definition) is 6. The van der Waals surface area contributed by atoms with Crippen LogP contribution in [0, 0.1) is 6.92 Å². The van der Waals surface area contributed by atoms with Crippen molar-refractivity contribution in [2.75, 3.05) is 12.4 Å². The van der Waals surface area contributed by atoms with E-state index in [9.17, 15) is 4.79 Å². The van der Waals surface area contributed by atoms with Crippen molar-refractivity contribution in [2.45, 2.75) is 6.92 Å². The molecule has 2 aromatic carbocycles. The Morgan fingerprint density at radius 2 is 2.00 bits per heavy atom. The molecule has 1 N–H and O–H groups in total. The smallest absolute Gasteiger partial charge is 0.261 e. The lowest BCUT2D eigenvalue weighted by Gasteiger charge is -2.05. The second-order valence-electron chi connectivity index (χ2n) is 6.10. The molecule has 8 heteroatoms. The van der Waals surface area contributed by atoms with E-state index in [1.165, 1.54) is 11.3 Å². The average molecular weight is 391 g/mol. The molecule has 0 atom stereocenters. The maximum Gasteiger partial charge on any atom is 0.261 e. The summed E-state index contributed by atoms with van der Waals surface area (Å²) in [5.74, 6) is 0.394. The summed E-state index contributed by atoms with van der Waals surface area (Å²) < 4.78 is 7.01. The van der Waals surface area contributed by atoms with E-state index < -0.39 is 0 Å². The third-order valence-corrected chi connectivity index (χ3v) is 4.79. The fourth-order valence-corrected chi connectivity index (χ4v) is 3.19. The number of aromatic nitrogens is 4. The largest absolute Gasteiger partial charge is 0.497 e. The van der Waals surface area contributed by atoms with E-state index in [2.05, 4.69) is 20.6 Å². The average Bonchev–Trinajstić information content (AvgIpc) is 3.38. The zero-order chi connectivity index (χ0) is 19.5. The standard InChI is InChI=1S/C20H17N5O2S/c1-13-6-8-15(9-7-13)25-11-17(19(26)22-20-23-21-12-28-20)18(24-25)14-4-3-5-16(10-14)27-2/h3-12H,1-2H3,(H,22,23,26). The molecule has 0 saturated heterocycles. The van der Waals surface area contributed by atoms with Crippen molar-refractivity contribution in [2.24, 2.45) is 0 Å². The van der Waals surface area contributed by atoms with E-state index in [-0.39, 0.29) is 5.91 Å². The Kier molecular flexibility index (Phi) is 4.86. The molecule has 0 aliphatic carbocycles. The predicted molar refractivity (Wildman–Crippen MR) is 108 cm³/mol. The highest BCUT2D eigenvalue weighted by Gasteiger charge is 2.20. The molecule has 7 nitrogen and oxygen atoms in total. The number of ether oxygens (including phenoxy) is 1. The van der Waals surface area contributed by atoms with Gasteiger partial charge in [0, 0.05) is 11.8 Å². The minimum Gasteiger partial charge on any atom is -0.497 e. The summed E-state index contributed by atoms with van der Waals surface area (Å²) in [4.78, 5) is 12.9. The molecule has 0 bridgehead atoms. The van der Waals surface area contributed by atoms with Crippen LogP contribution in [0.25, 0.3) is 16.9 Å². The van der Waals surface area contributed by atoms with Crippen LogP contribution in [-0.2, 0) is 0 Å². The number of carbonyl (C=O) groups is 1. The highest BCUT2D eigenvalue weighted by Crippen LogP contribution is 2.27. The Morgan fingerprint density at radius 1 is 1.18 bits per heavy atom. The number of aryl methyl sites for hydroxylation is 1. The van der Waals surface area contributed by atoms with E-state index in [1.54, 1.807) is 23.5 Å². The van der Waals surface area contributed by atoms with Gasteiger partial charge in [0.1, 0.15) is 17.0 Å². The maximum atomic E-state index is 12.9. The minimum atomic E-state index is -0.298. The fourth-order valence-electron chi connectivity index (χ4n) is 2.75. The Bertz CT molecular complexity index is 1100. The fraction of sp³-hybridized carbons (Fsp3) is 0.100. The molecular weight excluding hydrogens is 374 g/mol. The molecule has 4 aromatic rings. The molecule has 4 rings (SSSR count). The molecule has 140 valence electrons. The Balaban J connectivity index is 1.79. The van der Waals surface area contributed by atoms with Crippen LogP contribution in [0.15, 0.2) is 60.2 Å². The first-order valence-corrected chi connectivity index (χ1v) is 9.40. The number of anilines is 1. The highest BCUT2D eigenvalue weighted by molar-refractivity contribution is 7.13. The summed E-state index contributed by atoms with van der Waals surface area (Å²) in [7, 11) is 1.60. The number of methoxy groups -OCH3 is 1. The molecule has 0 radical (unpaired) electrons. The van der Waals surface area contributed by atoms with Gasteiger partial charge in [-0.15, -0.1) is 10.2 Å². The summed E-state index contributed by atoms with van der Waals surface area (Å²) in [5.41, 5.74) is 5.36. The number of amides is 1. The van der Waals surface area contributed by atoms with Crippen molar-refractivity contribution in [3.63, 3.8) is 0 Å². The van der Waals surface area contributed by atoms with E-state index in [1.807, 2.05) is 55.5 Å². The second-order valence-corrected chi connectivity index (χ2v) is 6.93. The zero-order valence-electron chi connectivity index (χ0n) is 15.3. The lowest BCUT2D eigenvalue weighted by atomic mass is 10.1. The molecule has 0 aliphatic heterocycles. The summed E-state index contributed by atoms with van der Waals surface area (Å²) in [6.45, 7) is 2.02. The van der Waals surface area contributed by atoms with Gasteiger partial charge in [-0.05, 0) is 31.2 Å². The first-order valence-electron chi connectivity index (χ1n) is 8.52. The Hall–Kier alpha value is -3.52. The lowest BCUT2D eigenvalue weighted by Crippen LogP contribution is -2.12. The monoisotopic (exact) mass is 391 g/mol. The van der Waals surface area contributed by atoms with Crippen molar-refractivity contribution >= 4 is 22.4 Å². The van der Waals surface area contributed by atoms with E-state index in [0.29, 0.717) is 22.1 Å². The van der Waals surface area contributed by atoms with Crippen molar-refractivity contribution in [1.82, 2.24) is 20.0 Å². The topological polar surface area (TPSA) is 81.9 Å². The van der Waals surface area contributed by atoms with Gasteiger partial charge < -0.3 is 4.74 Å². The van der Waals surface area contributed by atoms with Crippen LogP contribution in [-0.4, -0.2) is 33.0 Å². The van der Waals surface area contributed by atoms with Gasteiger partial charge in [-0.3, -0.25) is 10.1 Å². The van der Waals surface area contributed by atoms with Crippen molar-refractivity contribution in [3.8, 4) is 22.7 Å². The molecule has 0 saturated carbocycles. The molecule has 0 spiro atoms. The highest BCUT2D eigenvalue weighted by atomic mass is 32.1. The van der Waals surface area contributed by atoms with Gasteiger partial charge >= 0.3 is 0 Å². The lowest BCUT2D eigenvalue weighted by molar-refractivity contribution is 0.102. The van der Waals surface area contributed by atoms with Crippen LogP contribution in [0.3, 0.4) is 0 Å². The van der Waals surface area contributed by atoms with Crippen LogP contribution < -0.4 is 10.1 Å². The SMILES string of the molecule is COc1cccc(-c2nn(-c3ccc(C)cc3)cc2C(=O)Nc2nncs2)c1. The Labute approximate surface area is 165 Å². The summed E-state index contributed by atoms with van der Waals surface area (Å²) >= 11 is 1.26. The first kappa shape index (κ1) is 17.9. The van der Waals surface area contributed by atoms with E-state index in [4.69, 9.17) is 4.74 Å². The number of nitrogens with zero attached hydrogens (tertiary/aromatic N) is 4. The normalized spacial score (nSPS) is 10.6. The molecule has 2 heterocycles. The van der Waals surface area contributed by atoms with Crippen LogP contribution in [0.4, 0.5) is 5.13 Å². The Morgan fingerprint density at radius 3 is 2.71 bits per heavy atom. The van der Waals surface area contributed by atoms with Gasteiger partial charge in [-0.25, -0.2) is 4.68 Å². The van der Waals surface area contributed by atoms with Gasteiger partial charge in [0.15, 0.2) is 0 Å². The van der Waals surface area contributed by atoms with Gasteiger partial charge in [0.25, 0.3) is 5.91 Å². The number of rotatable bonds is 5. The number of hydrogen-bond donors (Lipinski definition) is 1. The van der Waals surface area contributed by atoms with Crippen LogP contribution in [0.5, 0.6) is 5.75 Å². The van der Waals surface area contributed by atoms with Crippen molar-refractivity contribution in [3.05, 3.63) is 71.4 Å². The number of nitrogens with one attached hydrogen (secondary N) is 1. The van der Waals surface area contributed by atoms with Crippen molar-refractivity contribution in [1.29, 1.82) is 0 Å². The maximum absolute atomic E-state index is 12.9. The van der Waals surface area contributed by atoms with Crippen molar-refractivity contribution < 1.29 is 9.53 Å². The number of benzene rings is 2. The molecule has 0 aliphatic rings. The van der Waals surface area contributed by atoms with Gasteiger partial charge in [0.05, 0.1) is 18.4 Å². The van der Waals surface area contributed by atoms with Gasteiger partial charge in [-0.2, -0.15) is 5.10 Å². The third kappa shape index (κ3) is 3.63. The second kappa shape index (κ2) is 7.61. The van der Waals surface area contributed by atoms with Crippen LogP contribution in [0.1, 0.15) is 15.9 Å². The minimum absolute atomic E-state index is 0.298. The first-order chi connectivity index (χ1) is 13.6. The van der Waals surface area contributed by atoms with Crippen LogP contribution in [0.2, 0.25) is 0 Å². The van der Waals surface area contributed by atoms with E-state index >= 15 is 0 Å². The molecule has 2 aromatic heterocycles. The van der Waals surface area contributed by atoms with Crippen LogP contribution >= 0.6 is 11.3 Å². The van der Waals surface area contributed by atoms with E-state index in [0.717, 1.165) is 16.8 Å². The van der Waals surface area contributed by atoms with Gasteiger partial charge in [-0.1, -0.05) is 41.2 Å².